The van der Waals surface area contributed by atoms with Crippen LogP contribution in [0, 0.1) is 11.8 Å². The first-order valence-corrected chi connectivity index (χ1v) is 12.4. The number of pyridine rings is 1. The van der Waals surface area contributed by atoms with Crippen LogP contribution in [0.5, 0.6) is 0 Å². The van der Waals surface area contributed by atoms with Crippen molar-refractivity contribution < 1.29 is 9.53 Å². The highest BCUT2D eigenvalue weighted by Crippen LogP contribution is 2.29. The number of aromatic nitrogens is 1. The van der Waals surface area contributed by atoms with Gasteiger partial charge in [0.05, 0.1) is 23.8 Å². The molecule has 2 heterocycles. The highest BCUT2D eigenvalue weighted by molar-refractivity contribution is 6.07. The molecule has 7 heteroatoms. The summed E-state index contributed by atoms with van der Waals surface area (Å²) >= 11 is 0. The summed E-state index contributed by atoms with van der Waals surface area (Å²) in [6, 6.07) is 9.89. The number of ether oxygens (including phenoxy) is 1. The molecule has 1 aromatic carbocycles. The third-order valence-electron chi connectivity index (χ3n) is 7.02. The largest absolute Gasteiger partial charge is 0.373 e. The van der Waals surface area contributed by atoms with Crippen LogP contribution in [0.1, 0.15) is 36.0 Å². The van der Waals surface area contributed by atoms with E-state index >= 15 is 0 Å². The molecule has 33 heavy (non-hydrogen) atoms. The summed E-state index contributed by atoms with van der Waals surface area (Å²) in [5.41, 5.74) is 1.58. The maximum Gasteiger partial charge on any atom is 0.252 e. The Balaban J connectivity index is 1.37. The smallest absolute Gasteiger partial charge is 0.252 e. The first-order valence-electron chi connectivity index (χ1n) is 12.4. The lowest BCUT2D eigenvalue weighted by atomic mass is 9.82. The van der Waals surface area contributed by atoms with Crippen LogP contribution in [0.3, 0.4) is 0 Å². The van der Waals surface area contributed by atoms with E-state index in [4.69, 9.17) is 9.72 Å². The number of hydrogen-bond acceptors (Lipinski definition) is 6. The van der Waals surface area contributed by atoms with Gasteiger partial charge in [-0.15, -0.1) is 0 Å². The molecule has 2 N–H and O–H groups in total. The minimum atomic E-state index is 0.00602. The molecular formula is C26H39N5O2. The normalized spacial score (nSPS) is 21.4. The van der Waals surface area contributed by atoms with Crippen molar-refractivity contribution >= 4 is 22.6 Å². The second-order valence-electron chi connectivity index (χ2n) is 9.90. The van der Waals surface area contributed by atoms with E-state index in [0.717, 1.165) is 67.5 Å². The summed E-state index contributed by atoms with van der Waals surface area (Å²) in [4.78, 5) is 22.4. The van der Waals surface area contributed by atoms with Crippen LogP contribution in [0.25, 0.3) is 10.9 Å². The molecule has 1 amide bonds. The topological polar surface area (TPSA) is 69.7 Å². The molecule has 180 valence electrons. The Bertz CT molecular complexity index is 920. The molecule has 7 nitrogen and oxygen atoms in total. The predicted molar refractivity (Wildman–Crippen MR) is 134 cm³/mol. The molecule has 0 bridgehead atoms. The Morgan fingerprint density at radius 2 is 1.82 bits per heavy atom. The van der Waals surface area contributed by atoms with Crippen molar-refractivity contribution in [3.63, 3.8) is 0 Å². The van der Waals surface area contributed by atoms with Gasteiger partial charge in [0.15, 0.2) is 0 Å². The van der Waals surface area contributed by atoms with Crippen molar-refractivity contribution in [2.75, 3.05) is 65.4 Å². The van der Waals surface area contributed by atoms with E-state index in [9.17, 15) is 4.79 Å². The summed E-state index contributed by atoms with van der Waals surface area (Å²) in [5.74, 6) is 2.22. The molecule has 0 spiro atoms. The first-order chi connectivity index (χ1) is 16.0. The van der Waals surface area contributed by atoms with Crippen molar-refractivity contribution in [3.05, 3.63) is 35.9 Å². The van der Waals surface area contributed by atoms with Gasteiger partial charge in [0.25, 0.3) is 5.91 Å². The molecule has 2 aliphatic rings. The Morgan fingerprint density at radius 1 is 1.12 bits per heavy atom. The standard InChI is InChI=1S/C26H39N5O2/c1-27-15-19-8-10-20(11-9-19)16-28-26(32)23-14-25(29-24-7-5-4-6-22(23)24)31-17-21(18-31)33-13-12-30(2)3/h4-7,14,19-21,27H,8-13,15-18H2,1-3H3,(H,28,32)/t19-,20-. The Kier molecular flexibility index (Phi) is 8.17. The summed E-state index contributed by atoms with van der Waals surface area (Å²) < 4.78 is 5.94. The number of nitrogens with zero attached hydrogens (tertiary/aromatic N) is 3. The number of rotatable bonds is 10. The number of carbonyl (C=O) groups excluding carboxylic acids is 1. The zero-order chi connectivity index (χ0) is 23.2. The number of anilines is 1. The average Bonchev–Trinajstić information content (AvgIpc) is 2.79. The third-order valence-corrected chi connectivity index (χ3v) is 7.02. The number of benzene rings is 1. The van der Waals surface area contributed by atoms with Gasteiger partial charge < -0.3 is 25.2 Å². The van der Waals surface area contributed by atoms with Gasteiger partial charge in [-0.2, -0.15) is 0 Å². The fraction of sp³-hybridized carbons (Fsp3) is 0.615. The van der Waals surface area contributed by atoms with E-state index in [1.54, 1.807) is 0 Å². The molecule has 1 aliphatic heterocycles. The van der Waals surface area contributed by atoms with Gasteiger partial charge in [0, 0.05) is 31.6 Å². The van der Waals surface area contributed by atoms with Crippen molar-refractivity contribution in [3.8, 4) is 0 Å². The van der Waals surface area contributed by atoms with Gasteiger partial charge in [-0.3, -0.25) is 4.79 Å². The van der Waals surface area contributed by atoms with Crippen LogP contribution in [0.4, 0.5) is 5.82 Å². The van der Waals surface area contributed by atoms with Crippen LogP contribution in [0.2, 0.25) is 0 Å². The summed E-state index contributed by atoms with van der Waals surface area (Å²) in [7, 11) is 6.13. The first kappa shape index (κ1) is 23.9. The minimum Gasteiger partial charge on any atom is -0.373 e. The summed E-state index contributed by atoms with van der Waals surface area (Å²) in [5, 5.41) is 7.43. The number of carbonyl (C=O) groups is 1. The van der Waals surface area contributed by atoms with Gasteiger partial charge in [0.2, 0.25) is 0 Å². The molecular weight excluding hydrogens is 414 g/mol. The SMILES string of the molecule is CNC[C@H]1CC[C@H](CNC(=O)c2cc(N3CC(OCCN(C)C)C3)nc3ccccc23)CC1. The van der Waals surface area contributed by atoms with Crippen LogP contribution in [0.15, 0.2) is 30.3 Å². The molecule has 1 aromatic heterocycles. The fourth-order valence-electron chi connectivity index (χ4n) is 4.90. The van der Waals surface area contributed by atoms with E-state index in [1.807, 2.05) is 37.4 Å². The number of para-hydroxylation sites is 1. The van der Waals surface area contributed by atoms with Gasteiger partial charge in [-0.05, 0) is 77.3 Å². The van der Waals surface area contributed by atoms with Crippen LogP contribution in [-0.4, -0.2) is 82.4 Å². The predicted octanol–water partition coefficient (Wildman–Crippen LogP) is 2.76. The van der Waals surface area contributed by atoms with Gasteiger partial charge >= 0.3 is 0 Å². The highest BCUT2D eigenvalue weighted by atomic mass is 16.5. The Morgan fingerprint density at radius 3 is 2.52 bits per heavy atom. The van der Waals surface area contributed by atoms with Crippen molar-refractivity contribution in [2.24, 2.45) is 11.8 Å². The molecule has 1 saturated carbocycles. The van der Waals surface area contributed by atoms with Crippen LogP contribution in [-0.2, 0) is 4.74 Å². The summed E-state index contributed by atoms with van der Waals surface area (Å²) in [6.07, 6.45) is 5.11. The van der Waals surface area contributed by atoms with Crippen molar-refractivity contribution in [1.29, 1.82) is 0 Å². The highest BCUT2D eigenvalue weighted by Gasteiger charge is 2.29. The van der Waals surface area contributed by atoms with Crippen LogP contribution >= 0.6 is 0 Å². The Labute approximate surface area is 197 Å². The summed E-state index contributed by atoms with van der Waals surface area (Å²) in [6.45, 7) is 5.14. The van der Waals surface area contributed by atoms with E-state index in [0.29, 0.717) is 5.92 Å². The lowest BCUT2D eigenvalue weighted by Crippen LogP contribution is -2.53. The van der Waals surface area contributed by atoms with E-state index in [2.05, 4.69) is 34.5 Å². The van der Waals surface area contributed by atoms with Crippen molar-refractivity contribution in [1.82, 2.24) is 20.5 Å². The van der Waals surface area contributed by atoms with E-state index < -0.39 is 0 Å². The third kappa shape index (κ3) is 6.22. The molecule has 1 saturated heterocycles. The molecule has 2 aromatic rings. The number of hydrogen-bond donors (Lipinski definition) is 2. The molecule has 4 rings (SSSR count). The van der Waals surface area contributed by atoms with Gasteiger partial charge in [-0.1, -0.05) is 18.2 Å². The zero-order valence-corrected chi connectivity index (χ0v) is 20.3. The quantitative estimate of drug-likeness (QED) is 0.577. The molecule has 0 radical (unpaired) electrons. The lowest BCUT2D eigenvalue weighted by molar-refractivity contribution is 0.0265. The fourth-order valence-corrected chi connectivity index (χ4v) is 4.90. The minimum absolute atomic E-state index is 0.00602. The van der Waals surface area contributed by atoms with Crippen molar-refractivity contribution in [2.45, 2.75) is 31.8 Å². The Hall–Kier alpha value is -2.22. The lowest BCUT2D eigenvalue weighted by Gasteiger charge is -2.40. The number of fused-ring (bicyclic) bond motifs is 1. The number of amides is 1. The molecule has 1 aliphatic carbocycles. The second kappa shape index (κ2) is 11.3. The number of nitrogens with one attached hydrogen (secondary N) is 2. The maximum absolute atomic E-state index is 13.2. The average molecular weight is 454 g/mol. The van der Waals surface area contributed by atoms with E-state index in [-0.39, 0.29) is 12.0 Å². The van der Waals surface area contributed by atoms with Crippen LogP contribution < -0.4 is 15.5 Å². The van der Waals surface area contributed by atoms with Gasteiger partial charge in [0.1, 0.15) is 5.82 Å². The molecule has 0 unspecified atom stereocenters. The van der Waals surface area contributed by atoms with Gasteiger partial charge in [-0.25, -0.2) is 4.98 Å². The monoisotopic (exact) mass is 453 g/mol. The number of likely N-dealkylation sites (N-methyl/N-ethyl adjacent to an activating group) is 1. The zero-order valence-electron chi connectivity index (χ0n) is 20.3. The molecule has 2 fully saturated rings. The van der Waals surface area contributed by atoms with E-state index in [1.165, 1.54) is 25.7 Å². The maximum atomic E-state index is 13.2. The molecule has 0 atom stereocenters. The second-order valence-corrected chi connectivity index (χ2v) is 9.90.